The second-order valence-electron chi connectivity index (χ2n) is 4.47. The number of aryl methyl sites for hydroxylation is 1. The summed E-state index contributed by atoms with van der Waals surface area (Å²) in [6, 6.07) is 6.66. The average Bonchev–Trinajstić information content (AvgIpc) is 2.82. The van der Waals surface area contributed by atoms with Crippen LogP contribution < -0.4 is 10.1 Å². The van der Waals surface area contributed by atoms with Gasteiger partial charge in [0.25, 0.3) is 0 Å². The molecule has 0 amide bonds. The third-order valence-corrected chi connectivity index (χ3v) is 3.49. The third-order valence-electron chi connectivity index (χ3n) is 3.49. The molecule has 0 radical (unpaired) electrons. The highest BCUT2D eigenvalue weighted by molar-refractivity contribution is 5.40. The van der Waals surface area contributed by atoms with Crippen molar-refractivity contribution >= 4 is 0 Å². The molecular weight excluding hydrogens is 230 g/mol. The normalized spacial score (nSPS) is 18.1. The Morgan fingerprint density at radius 3 is 2.72 bits per heavy atom. The SMILES string of the molecule is COc1ccc2c(c1)C(NCC(OC)OC)CC2. The van der Waals surface area contributed by atoms with E-state index in [9.17, 15) is 0 Å². The van der Waals surface area contributed by atoms with Gasteiger partial charge in [-0.05, 0) is 36.1 Å². The highest BCUT2D eigenvalue weighted by Crippen LogP contribution is 2.33. The first-order chi connectivity index (χ1) is 8.78. The topological polar surface area (TPSA) is 39.7 Å². The second-order valence-corrected chi connectivity index (χ2v) is 4.47. The number of hydrogen-bond acceptors (Lipinski definition) is 4. The average molecular weight is 251 g/mol. The van der Waals surface area contributed by atoms with Gasteiger partial charge in [-0.15, -0.1) is 0 Å². The maximum absolute atomic E-state index is 5.28. The lowest BCUT2D eigenvalue weighted by Crippen LogP contribution is -2.31. The number of methoxy groups -OCH3 is 3. The fourth-order valence-electron chi connectivity index (χ4n) is 2.42. The molecule has 0 heterocycles. The van der Waals surface area contributed by atoms with Crippen LogP contribution in [0.5, 0.6) is 5.75 Å². The molecule has 1 unspecified atom stereocenters. The maximum atomic E-state index is 5.28. The minimum Gasteiger partial charge on any atom is -0.497 e. The summed E-state index contributed by atoms with van der Waals surface area (Å²) < 4.78 is 15.6. The Balaban J connectivity index is 2.01. The maximum Gasteiger partial charge on any atom is 0.169 e. The minimum absolute atomic E-state index is 0.195. The van der Waals surface area contributed by atoms with Gasteiger partial charge in [-0.25, -0.2) is 0 Å². The van der Waals surface area contributed by atoms with Gasteiger partial charge >= 0.3 is 0 Å². The smallest absolute Gasteiger partial charge is 0.169 e. The monoisotopic (exact) mass is 251 g/mol. The summed E-state index contributed by atoms with van der Waals surface area (Å²) in [5.74, 6) is 0.914. The molecule has 1 aromatic rings. The zero-order valence-electron chi connectivity index (χ0n) is 11.2. The number of hydrogen-bond donors (Lipinski definition) is 1. The van der Waals surface area contributed by atoms with E-state index in [4.69, 9.17) is 14.2 Å². The number of fused-ring (bicyclic) bond motifs is 1. The van der Waals surface area contributed by atoms with Crippen molar-refractivity contribution in [3.05, 3.63) is 29.3 Å². The second kappa shape index (κ2) is 6.18. The van der Waals surface area contributed by atoms with Crippen molar-refractivity contribution in [3.8, 4) is 5.75 Å². The summed E-state index contributed by atoms with van der Waals surface area (Å²) in [4.78, 5) is 0. The Hall–Kier alpha value is -1.10. The molecule has 4 nitrogen and oxygen atoms in total. The molecule has 1 aromatic carbocycles. The summed E-state index contributed by atoms with van der Waals surface area (Å²) in [7, 11) is 5.01. The lowest BCUT2D eigenvalue weighted by atomic mass is 10.1. The van der Waals surface area contributed by atoms with E-state index in [-0.39, 0.29) is 6.29 Å². The van der Waals surface area contributed by atoms with Crippen LogP contribution in [0, 0.1) is 0 Å². The molecule has 1 N–H and O–H groups in total. The van der Waals surface area contributed by atoms with Gasteiger partial charge in [0.2, 0.25) is 0 Å². The quantitative estimate of drug-likeness (QED) is 0.784. The molecule has 18 heavy (non-hydrogen) atoms. The molecule has 1 atom stereocenters. The third kappa shape index (κ3) is 2.83. The van der Waals surface area contributed by atoms with Gasteiger partial charge in [0.05, 0.1) is 7.11 Å². The molecule has 1 aliphatic rings. The van der Waals surface area contributed by atoms with Gasteiger partial charge in [-0.2, -0.15) is 0 Å². The summed E-state index contributed by atoms with van der Waals surface area (Å²) in [6.45, 7) is 0.689. The van der Waals surface area contributed by atoms with Crippen LogP contribution in [0.25, 0.3) is 0 Å². The van der Waals surface area contributed by atoms with E-state index in [1.807, 2.05) is 6.07 Å². The Morgan fingerprint density at radius 1 is 1.28 bits per heavy atom. The van der Waals surface area contributed by atoms with Gasteiger partial charge in [0.15, 0.2) is 6.29 Å². The van der Waals surface area contributed by atoms with Crippen molar-refractivity contribution in [2.75, 3.05) is 27.9 Å². The molecule has 100 valence electrons. The number of rotatable bonds is 6. The van der Waals surface area contributed by atoms with Gasteiger partial charge in [-0.3, -0.25) is 0 Å². The summed E-state index contributed by atoms with van der Waals surface area (Å²) in [5.41, 5.74) is 2.74. The van der Waals surface area contributed by atoms with Crippen LogP contribution >= 0.6 is 0 Å². The fourth-order valence-corrected chi connectivity index (χ4v) is 2.42. The van der Waals surface area contributed by atoms with Gasteiger partial charge in [-0.1, -0.05) is 6.07 Å². The van der Waals surface area contributed by atoms with Crippen molar-refractivity contribution < 1.29 is 14.2 Å². The first kappa shape index (κ1) is 13.3. The van der Waals surface area contributed by atoms with Crippen LogP contribution in [0.2, 0.25) is 0 Å². The molecule has 0 saturated heterocycles. The Bertz CT molecular complexity index is 391. The Kier molecular flexibility index (Phi) is 4.58. The first-order valence-corrected chi connectivity index (χ1v) is 6.24. The molecule has 1 aliphatic carbocycles. The molecular formula is C14H21NO3. The zero-order chi connectivity index (χ0) is 13.0. The zero-order valence-corrected chi connectivity index (χ0v) is 11.2. The summed E-state index contributed by atoms with van der Waals surface area (Å²) in [6.07, 6.45) is 2.03. The summed E-state index contributed by atoms with van der Waals surface area (Å²) >= 11 is 0. The Labute approximate surface area is 108 Å². The van der Waals surface area contributed by atoms with Crippen LogP contribution in [0.3, 0.4) is 0 Å². The number of nitrogens with one attached hydrogen (secondary N) is 1. The van der Waals surface area contributed by atoms with E-state index in [2.05, 4.69) is 17.4 Å². The van der Waals surface area contributed by atoms with Crippen molar-refractivity contribution in [1.82, 2.24) is 5.32 Å². The first-order valence-electron chi connectivity index (χ1n) is 6.24. The van der Waals surface area contributed by atoms with Crippen LogP contribution in [-0.4, -0.2) is 34.2 Å². The minimum atomic E-state index is -0.195. The highest BCUT2D eigenvalue weighted by atomic mass is 16.7. The van der Waals surface area contributed by atoms with Crippen LogP contribution in [0.4, 0.5) is 0 Å². The van der Waals surface area contributed by atoms with Gasteiger partial charge in [0.1, 0.15) is 5.75 Å². The molecule has 4 heteroatoms. The van der Waals surface area contributed by atoms with Crippen molar-refractivity contribution in [1.29, 1.82) is 0 Å². The van der Waals surface area contributed by atoms with E-state index >= 15 is 0 Å². The van der Waals surface area contributed by atoms with Crippen molar-refractivity contribution in [3.63, 3.8) is 0 Å². The lowest BCUT2D eigenvalue weighted by Gasteiger charge is -2.19. The van der Waals surface area contributed by atoms with Gasteiger partial charge in [0, 0.05) is 26.8 Å². The van der Waals surface area contributed by atoms with Crippen molar-refractivity contribution in [2.24, 2.45) is 0 Å². The van der Waals surface area contributed by atoms with Crippen LogP contribution in [-0.2, 0) is 15.9 Å². The lowest BCUT2D eigenvalue weighted by molar-refractivity contribution is -0.0999. The van der Waals surface area contributed by atoms with Gasteiger partial charge < -0.3 is 19.5 Å². The predicted octanol–water partition coefficient (Wildman–Crippen LogP) is 1.89. The molecule has 2 rings (SSSR count). The molecule has 0 aliphatic heterocycles. The van der Waals surface area contributed by atoms with E-state index in [0.29, 0.717) is 12.6 Å². The number of benzene rings is 1. The molecule has 0 bridgehead atoms. The Morgan fingerprint density at radius 2 is 2.06 bits per heavy atom. The fraction of sp³-hybridized carbons (Fsp3) is 0.571. The molecule has 0 saturated carbocycles. The van der Waals surface area contributed by atoms with Crippen LogP contribution in [0.1, 0.15) is 23.6 Å². The van der Waals surface area contributed by atoms with E-state index in [1.165, 1.54) is 11.1 Å². The van der Waals surface area contributed by atoms with E-state index in [1.54, 1.807) is 21.3 Å². The standard InChI is InChI=1S/C14H21NO3/c1-16-11-6-4-10-5-7-13(12(10)8-11)15-9-14(17-2)18-3/h4,6,8,13-15H,5,7,9H2,1-3H3. The largest absolute Gasteiger partial charge is 0.497 e. The van der Waals surface area contributed by atoms with E-state index in [0.717, 1.165) is 18.6 Å². The summed E-state index contributed by atoms with van der Waals surface area (Å²) in [5, 5.41) is 3.49. The predicted molar refractivity (Wildman–Crippen MR) is 69.9 cm³/mol. The van der Waals surface area contributed by atoms with Crippen molar-refractivity contribution in [2.45, 2.75) is 25.2 Å². The molecule has 0 fully saturated rings. The van der Waals surface area contributed by atoms with Crippen LogP contribution in [0.15, 0.2) is 18.2 Å². The number of ether oxygens (including phenoxy) is 3. The van der Waals surface area contributed by atoms with E-state index < -0.39 is 0 Å². The highest BCUT2D eigenvalue weighted by Gasteiger charge is 2.23. The molecule has 0 spiro atoms. The molecule has 0 aromatic heterocycles.